The maximum atomic E-state index is 12.0. The van der Waals surface area contributed by atoms with E-state index >= 15 is 0 Å². The van der Waals surface area contributed by atoms with Crippen LogP contribution in [0.15, 0.2) is 0 Å². The summed E-state index contributed by atoms with van der Waals surface area (Å²) in [4.78, 5) is 34.2. The maximum absolute atomic E-state index is 12.0. The highest BCUT2D eigenvalue weighted by molar-refractivity contribution is 5.88. The minimum Gasteiger partial charge on any atom is -0.481 e. The van der Waals surface area contributed by atoms with Crippen molar-refractivity contribution in [3.8, 4) is 0 Å². The molecular weight excluding hydrogens is 238 g/mol. The van der Waals surface area contributed by atoms with Gasteiger partial charge in [0, 0.05) is 0 Å². The van der Waals surface area contributed by atoms with Gasteiger partial charge >= 0.3 is 11.9 Å². The van der Waals surface area contributed by atoms with Crippen LogP contribution in [-0.2, 0) is 19.1 Å². The third kappa shape index (κ3) is 3.21. The summed E-state index contributed by atoms with van der Waals surface area (Å²) in [5, 5.41) is 11.6. The van der Waals surface area contributed by atoms with Crippen molar-refractivity contribution in [3.63, 3.8) is 0 Å². The topological polar surface area (TPSA) is 92.7 Å². The van der Waals surface area contributed by atoms with Crippen molar-refractivity contribution in [3.05, 3.63) is 0 Å². The number of ether oxygens (including phenoxy) is 1. The molecular formula is C12H19NO5. The average molecular weight is 257 g/mol. The van der Waals surface area contributed by atoms with Crippen molar-refractivity contribution in [2.45, 2.75) is 32.7 Å². The van der Waals surface area contributed by atoms with Crippen LogP contribution in [0.25, 0.3) is 0 Å². The zero-order chi connectivity index (χ0) is 13.9. The van der Waals surface area contributed by atoms with Crippen molar-refractivity contribution in [1.29, 1.82) is 0 Å². The van der Waals surface area contributed by atoms with E-state index in [0.29, 0.717) is 12.8 Å². The molecule has 1 fully saturated rings. The van der Waals surface area contributed by atoms with Crippen LogP contribution in [0.1, 0.15) is 26.7 Å². The van der Waals surface area contributed by atoms with Gasteiger partial charge in [-0.05, 0) is 25.7 Å². The monoisotopic (exact) mass is 257 g/mol. The molecule has 0 heterocycles. The Balaban J connectivity index is 2.65. The molecule has 6 heteroatoms. The van der Waals surface area contributed by atoms with E-state index in [0.717, 1.165) is 0 Å². The van der Waals surface area contributed by atoms with E-state index in [4.69, 9.17) is 5.11 Å². The number of amides is 1. The highest BCUT2D eigenvalue weighted by Gasteiger charge is 2.41. The molecule has 0 spiro atoms. The van der Waals surface area contributed by atoms with Crippen molar-refractivity contribution >= 4 is 17.8 Å². The highest BCUT2D eigenvalue weighted by atomic mass is 16.5. The lowest BCUT2D eigenvalue weighted by Crippen LogP contribution is -2.44. The SMILES string of the molecule is COC(=O)[C@H](C)NC(=O)C1CC(C)CC1C(=O)O. The minimum absolute atomic E-state index is 0.204. The minimum atomic E-state index is -0.953. The van der Waals surface area contributed by atoms with Gasteiger partial charge in [-0.15, -0.1) is 0 Å². The molecule has 0 aliphatic heterocycles. The van der Waals surface area contributed by atoms with Gasteiger partial charge in [-0.3, -0.25) is 9.59 Å². The molecule has 0 bridgehead atoms. The second-order valence-electron chi connectivity index (χ2n) is 4.88. The van der Waals surface area contributed by atoms with Gasteiger partial charge in [0.05, 0.1) is 18.9 Å². The Morgan fingerprint density at radius 3 is 2.33 bits per heavy atom. The summed E-state index contributed by atoms with van der Waals surface area (Å²) in [7, 11) is 1.24. The van der Waals surface area contributed by atoms with Crippen LogP contribution in [0.5, 0.6) is 0 Å². The first kappa shape index (κ1) is 14.5. The fraction of sp³-hybridized carbons (Fsp3) is 0.750. The molecule has 2 N–H and O–H groups in total. The van der Waals surface area contributed by atoms with Crippen LogP contribution in [-0.4, -0.2) is 36.1 Å². The predicted octanol–water partition coefficient (Wildman–Crippen LogP) is 0.411. The number of hydrogen-bond donors (Lipinski definition) is 2. The lowest BCUT2D eigenvalue weighted by molar-refractivity contribution is -0.147. The Morgan fingerprint density at radius 2 is 1.83 bits per heavy atom. The van der Waals surface area contributed by atoms with E-state index in [1.165, 1.54) is 14.0 Å². The molecule has 1 amide bonds. The number of rotatable bonds is 4. The number of aliphatic carboxylic acids is 1. The molecule has 4 atom stereocenters. The second kappa shape index (κ2) is 5.84. The Hall–Kier alpha value is -1.59. The summed E-state index contributed by atoms with van der Waals surface area (Å²) >= 11 is 0. The fourth-order valence-corrected chi connectivity index (χ4v) is 2.41. The number of methoxy groups -OCH3 is 1. The smallest absolute Gasteiger partial charge is 0.328 e. The third-order valence-corrected chi connectivity index (χ3v) is 3.37. The van der Waals surface area contributed by atoms with Gasteiger partial charge in [-0.25, -0.2) is 4.79 Å². The maximum Gasteiger partial charge on any atom is 0.328 e. The first-order chi connectivity index (χ1) is 8.36. The van der Waals surface area contributed by atoms with Gasteiger partial charge in [-0.2, -0.15) is 0 Å². The lowest BCUT2D eigenvalue weighted by Gasteiger charge is -2.18. The summed E-state index contributed by atoms with van der Waals surface area (Å²) < 4.78 is 4.50. The fourth-order valence-electron chi connectivity index (χ4n) is 2.41. The van der Waals surface area contributed by atoms with Gasteiger partial charge in [0.1, 0.15) is 6.04 Å². The molecule has 0 saturated heterocycles. The first-order valence-electron chi connectivity index (χ1n) is 5.97. The van der Waals surface area contributed by atoms with Crippen LogP contribution in [0.4, 0.5) is 0 Å². The molecule has 3 unspecified atom stereocenters. The normalized spacial score (nSPS) is 28.5. The summed E-state index contributed by atoms with van der Waals surface area (Å²) in [5.74, 6) is -2.90. The number of carboxylic acid groups (broad SMARTS) is 1. The van der Waals surface area contributed by atoms with E-state index in [1.54, 1.807) is 0 Å². The van der Waals surface area contributed by atoms with Gasteiger partial charge in [0.15, 0.2) is 0 Å². The van der Waals surface area contributed by atoms with Gasteiger partial charge < -0.3 is 15.2 Å². The van der Waals surface area contributed by atoms with Crippen LogP contribution in [0.2, 0.25) is 0 Å². The lowest BCUT2D eigenvalue weighted by atomic mass is 9.95. The molecule has 1 rings (SSSR count). The van der Waals surface area contributed by atoms with Crippen LogP contribution in [0.3, 0.4) is 0 Å². The van der Waals surface area contributed by atoms with E-state index in [1.807, 2.05) is 6.92 Å². The summed E-state index contributed by atoms with van der Waals surface area (Å²) in [6.07, 6.45) is 1.04. The number of carbonyl (C=O) groups is 3. The molecule has 18 heavy (non-hydrogen) atoms. The Labute approximate surface area is 106 Å². The highest BCUT2D eigenvalue weighted by Crippen LogP contribution is 2.36. The standard InChI is InChI=1S/C12H19NO5/c1-6-4-8(9(5-6)11(15)16)10(14)13-7(2)12(17)18-3/h6-9H,4-5H2,1-3H3,(H,13,14)(H,15,16)/t6?,7-,8?,9?/m0/s1. The first-order valence-corrected chi connectivity index (χ1v) is 5.97. The van der Waals surface area contributed by atoms with Crippen molar-refractivity contribution in [2.75, 3.05) is 7.11 Å². The molecule has 0 aromatic carbocycles. The molecule has 0 radical (unpaired) electrons. The number of carboxylic acids is 1. The Morgan fingerprint density at radius 1 is 1.28 bits per heavy atom. The summed E-state index contributed by atoms with van der Waals surface area (Å²) in [6, 6.07) is -0.757. The zero-order valence-electron chi connectivity index (χ0n) is 10.8. The van der Waals surface area contributed by atoms with Crippen LogP contribution >= 0.6 is 0 Å². The molecule has 102 valence electrons. The largest absolute Gasteiger partial charge is 0.481 e. The van der Waals surface area contributed by atoms with Crippen LogP contribution < -0.4 is 5.32 Å². The molecule has 1 saturated carbocycles. The average Bonchev–Trinajstić information content (AvgIpc) is 2.70. The quantitative estimate of drug-likeness (QED) is 0.712. The van der Waals surface area contributed by atoms with E-state index < -0.39 is 29.8 Å². The molecule has 1 aliphatic carbocycles. The van der Waals surface area contributed by atoms with Crippen molar-refractivity contribution in [2.24, 2.45) is 17.8 Å². The van der Waals surface area contributed by atoms with E-state index in [2.05, 4.69) is 10.1 Å². The number of esters is 1. The Kier molecular flexibility index (Phi) is 4.69. The van der Waals surface area contributed by atoms with Crippen molar-refractivity contribution in [1.82, 2.24) is 5.32 Å². The van der Waals surface area contributed by atoms with Crippen LogP contribution in [0, 0.1) is 17.8 Å². The number of carbonyl (C=O) groups excluding carboxylic acids is 2. The second-order valence-corrected chi connectivity index (χ2v) is 4.88. The van der Waals surface area contributed by atoms with Gasteiger partial charge in [0.2, 0.25) is 5.91 Å². The summed E-state index contributed by atoms with van der Waals surface area (Å²) in [6.45, 7) is 3.44. The molecule has 6 nitrogen and oxygen atoms in total. The molecule has 0 aromatic heterocycles. The number of hydrogen-bond acceptors (Lipinski definition) is 4. The molecule has 1 aliphatic rings. The number of nitrogens with one attached hydrogen (secondary N) is 1. The Bertz CT molecular complexity index is 354. The molecule has 0 aromatic rings. The van der Waals surface area contributed by atoms with E-state index in [-0.39, 0.29) is 11.8 Å². The zero-order valence-corrected chi connectivity index (χ0v) is 10.8. The van der Waals surface area contributed by atoms with E-state index in [9.17, 15) is 14.4 Å². The summed E-state index contributed by atoms with van der Waals surface area (Å²) in [5.41, 5.74) is 0. The van der Waals surface area contributed by atoms with Gasteiger partial charge in [-0.1, -0.05) is 6.92 Å². The van der Waals surface area contributed by atoms with Crippen molar-refractivity contribution < 1.29 is 24.2 Å². The predicted molar refractivity (Wildman–Crippen MR) is 62.6 cm³/mol. The third-order valence-electron chi connectivity index (χ3n) is 3.37. The van der Waals surface area contributed by atoms with Gasteiger partial charge in [0.25, 0.3) is 0 Å².